The molecule has 0 unspecified atom stereocenters. The number of rotatable bonds is 1. The fraction of sp³-hybridized carbons (Fsp3) is 0.308. The molecule has 0 spiro atoms. The van der Waals surface area contributed by atoms with Crippen LogP contribution in [0.2, 0.25) is 5.02 Å². The van der Waals surface area contributed by atoms with Gasteiger partial charge in [-0.1, -0.05) is 17.7 Å². The molecule has 0 aliphatic carbocycles. The fourth-order valence-electron chi connectivity index (χ4n) is 2.11. The van der Waals surface area contributed by atoms with Gasteiger partial charge in [-0.2, -0.15) is 0 Å². The number of hydrogen-bond donors (Lipinski definition) is 1. The van der Waals surface area contributed by atoms with Gasteiger partial charge in [-0.25, -0.2) is 4.98 Å². The Bertz CT molecular complexity index is 539. The number of benzene rings is 1. The Morgan fingerprint density at radius 2 is 2.29 bits per heavy atom. The predicted octanol–water partition coefficient (Wildman–Crippen LogP) is 3.42. The number of nitrogens with zero attached hydrogens (tertiary/aromatic N) is 1. The van der Waals surface area contributed by atoms with Gasteiger partial charge in [0, 0.05) is 35.0 Å². The SMILES string of the molecule is Cc1cc(Cl)ccc1-c1nc2c(s1)CNCC2. The normalized spacial score (nSPS) is 14.7. The predicted molar refractivity (Wildman–Crippen MR) is 72.7 cm³/mol. The minimum absolute atomic E-state index is 0.786. The van der Waals surface area contributed by atoms with Crippen LogP contribution in [0.1, 0.15) is 16.1 Å². The zero-order valence-corrected chi connectivity index (χ0v) is 11.2. The van der Waals surface area contributed by atoms with Gasteiger partial charge in [0.15, 0.2) is 0 Å². The van der Waals surface area contributed by atoms with Crippen molar-refractivity contribution in [2.45, 2.75) is 19.9 Å². The Balaban J connectivity index is 2.06. The molecule has 0 fully saturated rings. The molecule has 2 heterocycles. The second kappa shape index (κ2) is 4.41. The number of fused-ring (bicyclic) bond motifs is 1. The van der Waals surface area contributed by atoms with Crippen molar-refractivity contribution in [2.24, 2.45) is 0 Å². The van der Waals surface area contributed by atoms with Gasteiger partial charge in [0.1, 0.15) is 5.01 Å². The number of aromatic nitrogens is 1. The fourth-order valence-corrected chi connectivity index (χ4v) is 3.50. The Morgan fingerprint density at radius 3 is 3.06 bits per heavy atom. The maximum absolute atomic E-state index is 5.98. The van der Waals surface area contributed by atoms with Gasteiger partial charge in [-0.05, 0) is 24.6 Å². The van der Waals surface area contributed by atoms with Crippen molar-refractivity contribution in [3.8, 4) is 10.6 Å². The van der Waals surface area contributed by atoms with Crippen LogP contribution in [-0.4, -0.2) is 11.5 Å². The first-order chi connectivity index (χ1) is 8.24. The summed E-state index contributed by atoms with van der Waals surface area (Å²) in [5.41, 5.74) is 3.66. The van der Waals surface area contributed by atoms with Crippen molar-refractivity contribution >= 4 is 22.9 Å². The Hall–Kier alpha value is -0.900. The molecule has 3 rings (SSSR count). The molecule has 2 aromatic rings. The molecule has 1 N–H and O–H groups in total. The smallest absolute Gasteiger partial charge is 0.124 e. The van der Waals surface area contributed by atoms with Crippen LogP contribution in [0.4, 0.5) is 0 Å². The van der Waals surface area contributed by atoms with Gasteiger partial charge in [-0.3, -0.25) is 0 Å². The molecule has 0 amide bonds. The highest BCUT2D eigenvalue weighted by atomic mass is 35.5. The van der Waals surface area contributed by atoms with Gasteiger partial charge in [0.2, 0.25) is 0 Å². The minimum atomic E-state index is 0.786. The summed E-state index contributed by atoms with van der Waals surface area (Å²) in [6.07, 6.45) is 1.04. The Kier molecular flexibility index (Phi) is 2.90. The molecule has 0 radical (unpaired) electrons. The van der Waals surface area contributed by atoms with Gasteiger partial charge in [0.05, 0.1) is 5.69 Å². The highest BCUT2D eigenvalue weighted by Crippen LogP contribution is 2.32. The number of aryl methyl sites for hydroxylation is 1. The number of hydrogen-bond acceptors (Lipinski definition) is 3. The average molecular weight is 265 g/mol. The van der Waals surface area contributed by atoms with E-state index in [-0.39, 0.29) is 0 Å². The van der Waals surface area contributed by atoms with E-state index in [4.69, 9.17) is 16.6 Å². The van der Waals surface area contributed by atoms with E-state index in [1.54, 1.807) is 11.3 Å². The van der Waals surface area contributed by atoms with E-state index >= 15 is 0 Å². The van der Waals surface area contributed by atoms with Gasteiger partial charge in [-0.15, -0.1) is 11.3 Å². The largest absolute Gasteiger partial charge is 0.311 e. The van der Waals surface area contributed by atoms with Crippen LogP contribution in [-0.2, 0) is 13.0 Å². The second-order valence-electron chi connectivity index (χ2n) is 4.27. The molecule has 0 atom stereocenters. The zero-order chi connectivity index (χ0) is 11.8. The first-order valence-electron chi connectivity index (χ1n) is 5.70. The molecule has 0 saturated heterocycles. The van der Waals surface area contributed by atoms with E-state index < -0.39 is 0 Å². The van der Waals surface area contributed by atoms with Crippen LogP contribution >= 0.6 is 22.9 Å². The highest BCUT2D eigenvalue weighted by molar-refractivity contribution is 7.15. The summed E-state index contributed by atoms with van der Waals surface area (Å²) in [5.74, 6) is 0. The summed E-state index contributed by atoms with van der Waals surface area (Å²) < 4.78 is 0. The van der Waals surface area contributed by atoms with Crippen molar-refractivity contribution in [2.75, 3.05) is 6.54 Å². The summed E-state index contributed by atoms with van der Waals surface area (Å²) in [6.45, 7) is 4.08. The Morgan fingerprint density at radius 1 is 1.41 bits per heavy atom. The monoisotopic (exact) mass is 264 g/mol. The molecule has 1 aromatic heterocycles. The maximum atomic E-state index is 5.98. The van der Waals surface area contributed by atoms with Gasteiger partial charge >= 0.3 is 0 Å². The molecule has 1 aromatic carbocycles. The lowest BCUT2D eigenvalue weighted by atomic mass is 10.1. The third-order valence-corrected chi connectivity index (χ3v) is 4.39. The quantitative estimate of drug-likeness (QED) is 0.854. The first kappa shape index (κ1) is 11.2. The maximum Gasteiger partial charge on any atom is 0.124 e. The van der Waals surface area contributed by atoms with Crippen LogP contribution in [0.25, 0.3) is 10.6 Å². The third kappa shape index (κ3) is 2.10. The van der Waals surface area contributed by atoms with Crippen molar-refractivity contribution in [3.05, 3.63) is 39.4 Å². The van der Waals surface area contributed by atoms with E-state index in [2.05, 4.69) is 18.3 Å². The summed E-state index contributed by atoms with van der Waals surface area (Å²) in [4.78, 5) is 6.12. The second-order valence-corrected chi connectivity index (χ2v) is 5.79. The number of thiazole rings is 1. The van der Waals surface area contributed by atoms with Gasteiger partial charge < -0.3 is 5.32 Å². The third-order valence-electron chi connectivity index (χ3n) is 3.02. The molecule has 2 nitrogen and oxygen atoms in total. The lowest BCUT2D eigenvalue weighted by Gasteiger charge is -2.09. The van der Waals surface area contributed by atoms with Crippen molar-refractivity contribution in [3.63, 3.8) is 0 Å². The molecule has 4 heteroatoms. The summed E-state index contributed by atoms with van der Waals surface area (Å²) in [6, 6.07) is 5.99. The number of nitrogens with one attached hydrogen (secondary N) is 1. The van der Waals surface area contributed by atoms with Crippen molar-refractivity contribution in [1.82, 2.24) is 10.3 Å². The molecular formula is C13H13ClN2S. The van der Waals surface area contributed by atoms with E-state index in [9.17, 15) is 0 Å². The topological polar surface area (TPSA) is 24.9 Å². The summed E-state index contributed by atoms with van der Waals surface area (Å²) in [5, 5.41) is 5.28. The van der Waals surface area contributed by atoms with Crippen LogP contribution in [0.5, 0.6) is 0 Å². The average Bonchev–Trinajstić information content (AvgIpc) is 2.72. The van der Waals surface area contributed by atoms with Crippen LogP contribution < -0.4 is 5.32 Å². The standard InChI is InChI=1S/C13H13ClN2S/c1-8-6-9(14)2-3-10(8)13-16-11-4-5-15-7-12(11)17-13/h2-3,6,15H,4-5,7H2,1H3. The van der Waals surface area contributed by atoms with Crippen molar-refractivity contribution < 1.29 is 0 Å². The van der Waals surface area contributed by atoms with E-state index in [0.29, 0.717) is 0 Å². The zero-order valence-electron chi connectivity index (χ0n) is 9.59. The van der Waals surface area contributed by atoms with Crippen molar-refractivity contribution in [1.29, 1.82) is 0 Å². The van der Waals surface area contributed by atoms with Crippen LogP contribution in [0.15, 0.2) is 18.2 Å². The summed E-state index contributed by atoms with van der Waals surface area (Å²) >= 11 is 7.77. The highest BCUT2D eigenvalue weighted by Gasteiger charge is 2.16. The molecule has 17 heavy (non-hydrogen) atoms. The van der Waals surface area contributed by atoms with E-state index in [1.165, 1.54) is 21.7 Å². The van der Waals surface area contributed by atoms with Crippen LogP contribution in [0.3, 0.4) is 0 Å². The van der Waals surface area contributed by atoms with E-state index in [1.807, 2.05) is 12.1 Å². The molecule has 1 aliphatic heterocycles. The molecule has 1 aliphatic rings. The summed E-state index contributed by atoms with van der Waals surface area (Å²) in [7, 11) is 0. The minimum Gasteiger partial charge on any atom is -0.311 e. The molecular weight excluding hydrogens is 252 g/mol. The lowest BCUT2D eigenvalue weighted by molar-refractivity contribution is 0.644. The first-order valence-corrected chi connectivity index (χ1v) is 6.89. The van der Waals surface area contributed by atoms with E-state index in [0.717, 1.165) is 29.5 Å². The molecule has 0 saturated carbocycles. The number of halogens is 1. The van der Waals surface area contributed by atoms with Crippen LogP contribution in [0, 0.1) is 6.92 Å². The lowest BCUT2D eigenvalue weighted by Crippen LogP contribution is -2.22. The Labute approximate surface area is 110 Å². The molecule has 88 valence electrons. The molecule has 0 bridgehead atoms. The van der Waals surface area contributed by atoms with Gasteiger partial charge in [0.25, 0.3) is 0 Å².